The first-order valence-corrected chi connectivity index (χ1v) is 9.74. The highest BCUT2D eigenvalue weighted by Crippen LogP contribution is 2.24. The fourth-order valence-electron chi connectivity index (χ4n) is 3.53. The van der Waals surface area contributed by atoms with Gasteiger partial charge in [-0.1, -0.05) is 36.4 Å². The Bertz CT molecular complexity index is 987. The fourth-order valence-corrected chi connectivity index (χ4v) is 3.53. The van der Waals surface area contributed by atoms with Gasteiger partial charge in [0.25, 0.3) is 5.91 Å². The van der Waals surface area contributed by atoms with Gasteiger partial charge in [-0.3, -0.25) is 4.79 Å². The van der Waals surface area contributed by atoms with Crippen LogP contribution in [0, 0.1) is 13.8 Å². The molecule has 0 aliphatic carbocycles. The third-order valence-electron chi connectivity index (χ3n) is 4.87. The molecular weight excluding hydrogens is 364 g/mol. The second-order valence-electron chi connectivity index (χ2n) is 7.20. The smallest absolute Gasteiger partial charge is 0.254 e. The van der Waals surface area contributed by atoms with E-state index in [0.717, 1.165) is 22.6 Å². The van der Waals surface area contributed by atoms with Gasteiger partial charge in [0.1, 0.15) is 6.10 Å². The summed E-state index contributed by atoms with van der Waals surface area (Å²) >= 11 is 0. The number of carbonyl (C=O) groups is 1. The number of rotatable bonds is 4. The molecule has 1 saturated heterocycles. The minimum atomic E-state index is -0.0983. The first kappa shape index (κ1) is 19.1. The second-order valence-corrected chi connectivity index (χ2v) is 7.20. The van der Waals surface area contributed by atoms with Gasteiger partial charge in [-0.15, -0.1) is 0 Å². The second kappa shape index (κ2) is 8.41. The van der Waals surface area contributed by atoms with Crippen LogP contribution in [0.3, 0.4) is 0 Å². The molecule has 1 amide bonds. The van der Waals surface area contributed by atoms with Crippen LogP contribution >= 0.6 is 0 Å². The summed E-state index contributed by atoms with van der Waals surface area (Å²) in [7, 11) is 0. The Hall–Kier alpha value is -3.25. The van der Waals surface area contributed by atoms with Crippen molar-refractivity contribution in [2.24, 2.45) is 0 Å². The number of hydrogen-bond acceptors (Lipinski definition) is 5. The summed E-state index contributed by atoms with van der Waals surface area (Å²) in [6.45, 7) is 5.52. The van der Waals surface area contributed by atoms with Gasteiger partial charge in [-0.2, -0.15) is 0 Å². The van der Waals surface area contributed by atoms with Crippen LogP contribution in [0.5, 0.6) is 0 Å². The minimum Gasteiger partial charge on any atom is -0.370 e. The molecule has 1 aromatic heterocycles. The van der Waals surface area contributed by atoms with Crippen molar-refractivity contribution < 1.29 is 9.53 Å². The number of carbonyl (C=O) groups excluding carboxylic acids is 1. The molecule has 2 aromatic carbocycles. The Balaban J connectivity index is 1.49. The maximum absolute atomic E-state index is 13.1. The number of morpholine rings is 1. The van der Waals surface area contributed by atoms with E-state index in [0.29, 0.717) is 31.2 Å². The fraction of sp³-hybridized carbons (Fsp3) is 0.261. The van der Waals surface area contributed by atoms with E-state index in [-0.39, 0.29) is 12.0 Å². The van der Waals surface area contributed by atoms with E-state index in [1.807, 2.05) is 79.4 Å². The highest BCUT2D eigenvalue weighted by Gasteiger charge is 2.26. The van der Waals surface area contributed by atoms with Gasteiger partial charge in [-0.05, 0) is 43.7 Å². The molecule has 0 bridgehead atoms. The summed E-state index contributed by atoms with van der Waals surface area (Å²) in [6, 6.07) is 19.4. The average Bonchev–Trinajstić information content (AvgIpc) is 2.73. The van der Waals surface area contributed by atoms with Crippen molar-refractivity contribution >= 4 is 17.5 Å². The van der Waals surface area contributed by atoms with E-state index in [1.54, 1.807) is 0 Å². The molecule has 148 valence electrons. The maximum Gasteiger partial charge on any atom is 0.254 e. The van der Waals surface area contributed by atoms with E-state index in [2.05, 4.69) is 15.3 Å². The number of ether oxygens (including phenoxy) is 1. The van der Waals surface area contributed by atoms with Crippen LogP contribution in [0.15, 0.2) is 60.7 Å². The zero-order valence-electron chi connectivity index (χ0n) is 16.6. The number of aromatic nitrogens is 2. The minimum absolute atomic E-state index is 0.000720. The first-order valence-electron chi connectivity index (χ1n) is 9.74. The van der Waals surface area contributed by atoms with Gasteiger partial charge in [0.2, 0.25) is 5.95 Å². The van der Waals surface area contributed by atoms with Crippen LogP contribution in [0.25, 0.3) is 0 Å². The van der Waals surface area contributed by atoms with Crippen molar-refractivity contribution in [3.8, 4) is 0 Å². The SMILES string of the molecule is Cc1cc(C)nc(Nc2cccc(C(=O)N3CCO[C@@H](c4ccccc4)C3)c2)n1. The number of amides is 1. The highest BCUT2D eigenvalue weighted by atomic mass is 16.5. The molecule has 1 N–H and O–H groups in total. The molecule has 3 aromatic rings. The molecule has 0 saturated carbocycles. The number of nitrogens with one attached hydrogen (secondary N) is 1. The number of nitrogens with zero attached hydrogens (tertiary/aromatic N) is 3. The summed E-state index contributed by atoms with van der Waals surface area (Å²) in [5.41, 5.74) is 4.30. The number of benzene rings is 2. The number of hydrogen-bond donors (Lipinski definition) is 1. The predicted molar refractivity (Wildman–Crippen MR) is 112 cm³/mol. The zero-order chi connectivity index (χ0) is 20.2. The predicted octanol–water partition coefficient (Wildman–Crippen LogP) is 4.05. The molecule has 1 aliphatic heterocycles. The Morgan fingerprint density at radius 2 is 1.79 bits per heavy atom. The average molecular weight is 388 g/mol. The number of aryl methyl sites for hydroxylation is 2. The summed E-state index contributed by atoms with van der Waals surface area (Å²) in [6.07, 6.45) is -0.0983. The maximum atomic E-state index is 13.1. The Morgan fingerprint density at radius 3 is 2.55 bits per heavy atom. The van der Waals surface area contributed by atoms with Crippen LogP contribution in [0.4, 0.5) is 11.6 Å². The molecule has 6 heteroatoms. The van der Waals surface area contributed by atoms with Gasteiger partial charge in [0.15, 0.2) is 0 Å². The third-order valence-corrected chi connectivity index (χ3v) is 4.87. The highest BCUT2D eigenvalue weighted by molar-refractivity contribution is 5.95. The van der Waals surface area contributed by atoms with E-state index in [1.165, 1.54) is 0 Å². The van der Waals surface area contributed by atoms with Crippen LogP contribution in [0.1, 0.15) is 33.4 Å². The van der Waals surface area contributed by atoms with Crippen LogP contribution in [-0.2, 0) is 4.74 Å². The molecule has 1 fully saturated rings. The number of anilines is 2. The summed E-state index contributed by atoms with van der Waals surface area (Å²) in [5.74, 6) is 0.529. The van der Waals surface area contributed by atoms with E-state index < -0.39 is 0 Å². The molecule has 4 rings (SSSR count). The van der Waals surface area contributed by atoms with E-state index >= 15 is 0 Å². The zero-order valence-corrected chi connectivity index (χ0v) is 16.6. The lowest BCUT2D eigenvalue weighted by atomic mass is 10.1. The van der Waals surface area contributed by atoms with Crippen molar-refractivity contribution in [1.29, 1.82) is 0 Å². The molecule has 2 heterocycles. The summed E-state index contributed by atoms with van der Waals surface area (Å²) < 4.78 is 5.88. The summed E-state index contributed by atoms with van der Waals surface area (Å²) in [4.78, 5) is 23.8. The Kier molecular flexibility index (Phi) is 5.53. The van der Waals surface area contributed by atoms with E-state index in [4.69, 9.17) is 4.74 Å². The quantitative estimate of drug-likeness (QED) is 0.730. The largest absolute Gasteiger partial charge is 0.370 e. The molecule has 6 nitrogen and oxygen atoms in total. The van der Waals surface area contributed by atoms with Crippen LogP contribution < -0.4 is 5.32 Å². The molecular formula is C23H24N4O2. The normalized spacial score (nSPS) is 16.5. The van der Waals surface area contributed by atoms with Gasteiger partial charge in [0, 0.05) is 29.2 Å². The van der Waals surface area contributed by atoms with Gasteiger partial charge >= 0.3 is 0 Å². The van der Waals surface area contributed by atoms with Gasteiger partial charge in [-0.25, -0.2) is 9.97 Å². The lowest BCUT2D eigenvalue weighted by Crippen LogP contribution is -2.42. The lowest BCUT2D eigenvalue weighted by Gasteiger charge is -2.33. The van der Waals surface area contributed by atoms with Crippen molar-refractivity contribution in [2.45, 2.75) is 20.0 Å². The third kappa shape index (κ3) is 4.60. The van der Waals surface area contributed by atoms with Crippen molar-refractivity contribution in [3.05, 3.63) is 83.2 Å². The standard InChI is InChI=1S/C23H24N4O2/c1-16-13-17(2)25-23(24-16)26-20-10-6-9-19(14-20)22(28)27-11-12-29-21(15-27)18-7-4-3-5-8-18/h3-10,13-14,21H,11-12,15H2,1-2H3,(H,24,25,26)/t21-/m1/s1. The van der Waals surface area contributed by atoms with Gasteiger partial charge < -0.3 is 15.0 Å². The monoisotopic (exact) mass is 388 g/mol. The molecule has 0 radical (unpaired) electrons. The molecule has 0 unspecified atom stereocenters. The lowest BCUT2D eigenvalue weighted by molar-refractivity contribution is -0.0228. The summed E-state index contributed by atoms with van der Waals surface area (Å²) in [5, 5.41) is 3.20. The van der Waals surface area contributed by atoms with Crippen LogP contribution in [0.2, 0.25) is 0 Å². The van der Waals surface area contributed by atoms with Gasteiger partial charge in [0.05, 0.1) is 13.2 Å². The molecule has 0 spiro atoms. The molecule has 29 heavy (non-hydrogen) atoms. The Morgan fingerprint density at radius 1 is 1.03 bits per heavy atom. The first-order chi connectivity index (χ1) is 14.1. The molecule has 1 atom stereocenters. The van der Waals surface area contributed by atoms with Crippen molar-refractivity contribution in [2.75, 3.05) is 25.0 Å². The van der Waals surface area contributed by atoms with Crippen molar-refractivity contribution in [1.82, 2.24) is 14.9 Å². The van der Waals surface area contributed by atoms with E-state index in [9.17, 15) is 4.79 Å². The van der Waals surface area contributed by atoms with Crippen molar-refractivity contribution in [3.63, 3.8) is 0 Å². The van der Waals surface area contributed by atoms with Crippen LogP contribution in [-0.4, -0.2) is 40.5 Å². The molecule has 1 aliphatic rings. The Labute approximate surface area is 170 Å². The topological polar surface area (TPSA) is 67.4 Å².